The molecule has 2 rings (SSSR count). The van der Waals surface area contributed by atoms with Crippen LogP contribution >= 0.6 is 0 Å². The number of hydrogen-bond donors (Lipinski definition) is 0. The van der Waals surface area contributed by atoms with Gasteiger partial charge in [-0.3, -0.25) is 10.1 Å². The fourth-order valence-corrected chi connectivity index (χ4v) is 2.34. The van der Waals surface area contributed by atoms with Crippen LogP contribution in [0, 0.1) is 39.7 Å². The molecule has 0 unspecified atom stereocenters. The molecule has 2 aromatic rings. The lowest BCUT2D eigenvalue weighted by atomic mass is 10.1. The highest BCUT2D eigenvalue weighted by Crippen LogP contribution is 2.26. The molecule has 0 radical (unpaired) electrons. The maximum absolute atomic E-state index is 10.9. The number of methoxy groups -OCH3 is 1. The van der Waals surface area contributed by atoms with Gasteiger partial charge in [0.15, 0.2) is 0 Å². The highest BCUT2D eigenvalue weighted by molar-refractivity contribution is 5.63. The van der Waals surface area contributed by atoms with Crippen molar-refractivity contribution in [3.05, 3.63) is 68.8 Å². The summed E-state index contributed by atoms with van der Waals surface area (Å²) in [7, 11) is 1.53. The number of rotatable bonds is 6. The van der Waals surface area contributed by atoms with Gasteiger partial charge in [-0.25, -0.2) is 0 Å². The van der Waals surface area contributed by atoms with Crippen LogP contribution in [0.4, 0.5) is 5.69 Å². The van der Waals surface area contributed by atoms with Gasteiger partial charge in [0, 0.05) is 17.2 Å². The molecule has 0 atom stereocenters. The summed E-state index contributed by atoms with van der Waals surface area (Å²) in [5.41, 5.74) is 1.91. The Bertz CT molecular complexity index is 936. The molecule has 2 aromatic carbocycles. The minimum absolute atomic E-state index is 0.00645. The SMILES string of the molecule is COc1ccc(C=C(C#N)C#N)cc1COc1ccc([N+](=O)[O-])c(C)c1. The van der Waals surface area contributed by atoms with E-state index in [1.54, 1.807) is 31.2 Å². The lowest BCUT2D eigenvalue weighted by Crippen LogP contribution is -2.00. The first kappa shape index (κ1) is 18.5. The molecule has 7 nitrogen and oxygen atoms in total. The number of nitriles is 2. The number of nitro groups is 1. The van der Waals surface area contributed by atoms with Crippen LogP contribution in [0.3, 0.4) is 0 Å². The van der Waals surface area contributed by atoms with E-state index >= 15 is 0 Å². The Labute approximate surface area is 150 Å². The second-order valence-electron chi connectivity index (χ2n) is 5.35. The number of allylic oxidation sites excluding steroid dienone is 1. The van der Waals surface area contributed by atoms with E-state index in [2.05, 4.69) is 0 Å². The predicted octanol–water partition coefficient (Wildman–Crippen LogP) is 3.92. The van der Waals surface area contributed by atoms with Gasteiger partial charge in [-0.2, -0.15) is 10.5 Å². The van der Waals surface area contributed by atoms with Crippen LogP contribution in [0.25, 0.3) is 6.08 Å². The molecule has 0 aromatic heterocycles. The fraction of sp³-hybridized carbons (Fsp3) is 0.158. The molecule has 0 N–H and O–H groups in total. The molecule has 130 valence electrons. The van der Waals surface area contributed by atoms with Gasteiger partial charge in [0.05, 0.1) is 12.0 Å². The van der Waals surface area contributed by atoms with E-state index in [-0.39, 0.29) is 17.9 Å². The maximum Gasteiger partial charge on any atom is 0.272 e. The predicted molar refractivity (Wildman–Crippen MR) is 94.4 cm³/mol. The standard InChI is InChI=1S/C19H15N3O4/c1-13-7-17(4-5-18(13)22(23)24)26-12-16-9-14(3-6-19(16)25-2)8-15(10-20)11-21/h3-9H,12H2,1-2H3. The van der Waals surface area contributed by atoms with Crippen LogP contribution in [-0.2, 0) is 6.61 Å². The summed E-state index contributed by atoms with van der Waals surface area (Å²) in [5, 5.41) is 28.6. The quantitative estimate of drug-likeness (QED) is 0.444. The van der Waals surface area contributed by atoms with E-state index < -0.39 is 4.92 Å². The van der Waals surface area contributed by atoms with E-state index in [9.17, 15) is 10.1 Å². The average molecular weight is 349 g/mol. The molecule has 0 aliphatic rings. The molecule has 0 aliphatic heterocycles. The third-order valence-corrected chi connectivity index (χ3v) is 3.62. The Hall–Kier alpha value is -3.84. The van der Waals surface area contributed by atoms with Crippen molar-refractivity contribution in [3.63, 3.8) is 0 Å². The molecule has 0 saturated carbocycles. The zero-order valence-corrected chi connectivity index (χ0v) is 14.2. The fourth-order valence-electron chi connectivity index (χ4n) is 2.34. The second-order valence-corrected chi connectivity index (χ2v) is 5.35. The van der Waals surface area contributed by atoms with Crippen molar-refractivity contribution < 1.29 is 14.4 Å². The average Bonchev–Trinajstić information content (AvgIpc) is 2.64. The van der Waals surface area contributed by atoms with Gasteiger partial charge in [0.2, 0.25) is 0 Å². The Morgan fingerprint density at radius 1 is 1.23 bits per heavy atom. The zero-order valence-electron chi connectivity index (χ0n) is 14.2. The molecular formula is C19H15N3O4. The molecule has 0 saturated heterocycles. The first-order valence-corrected chi connectivity index (χ1v) is 7.55. The second kappa shape index (κ2) is 8.32. The summed E-state index contributed by atoms with van der Waals surface area (Å²) in [6, 6.07) is 13.3. The molecule has 0 spiro atoms. The number of aryl methyl sites for hydroxylation is 1. The molecule has 0 amide bonds. The lowest BCUT2D eigenvalue weighted by Gasteiger charge is -2.12. The van der Waals surface area contributed by atoms with Gasteiger partial charge in [0.1, 0.15) is 35.8 Å². The zero-order chi connectivity index (χ0) is 19.1. The molecule has 0 aliphatic carbocycles. The molecule has 0 bridgehead atoms. The van der Waals surface area contributed by atoms with Crippen molar-refractivity contribution in [3.8, 4) is 23.6 Å². The first-order chi connectivity index (χ1) is 12.5. The topological polar surface area (TPSA) is 109 Å². The van der Waals surface area contributed by atoms with Crippen molar-refractivity contribution in [1.82, 2.24) is 0 Å². The van der Waals surface area contributed by atoms with E-state index in [1.807, 2.05) is 12.1 Å². The summed E-state index contributed by atoms with van der Waals surface area (Å²) in [5.74, 6) is 1.09. The van der Waals surface area contributed by atoms with Gasteiger partial charge in [-0.1, -0.05) is 6.07 Å². The number of ether oxygens (including phenoxy) is 2. The van der Waals surface area contributed by atoms with Gasteiger partial charge in [-0.15, -0.1) is 0 Å². The third kappa shape index (κ3) is 4.37. The third-order valence-electron chi connectivity index (χ3n) is 3.62. The van der Waals surface area contributed by atoms with Crippen molar-refractivity contribution in [2.45, 2.75) is 13.5 Å². The largest absolute Gasteiger partial charge is 0.496 e. The molecule has 0 heterocycles. The van der Waals surface area contributed by atoms with Gasteiger partial charge in [-0.05, 0) is 42.8 Å². The maximum atomic E-state index is 10.9. The van der Waals surface area contributed by atoms with E-state index in [1.165, 1.54) is 25.3 Å². The first-order valence-electron chi connectivity index (χ1n) is 7.55. The van der Waals surface area contributed by atoms with Gasteiger partial charge >= 0.3 is 0 Å². The Morgan fingerprint density at radius 2 is 1.96 bits per heavy atom. The Kier molecular flexibility index (Phi) is 5.92. The van der Waals surface area contributed by atoms with Crippen molar-refractivity contribution in [2.75, 3.05) is 7.11 Å². The minimum atomic E-state index is -0.445. The Balaban J connectivity index is 2.25. The normalized spacial score (nSPS) is 9.54. The Morgan fingerprint density at radius 3 is 2.54 bits per heavy atom. The summed E-state index contributed by atoms with van der Waals surface area (Å²) in [6.07, 6.45) is 1.47. The van der Waals surface area contributed by atoms with Crippen LogP contribution < -0.4 is 9.47 Å². The van der Waals surface area contributed by atoms with Crippen LogP contribution in [0.1, 0.15) is 16.7 Å². The highest BCUT2D eigenvalue weighted by atomic mass is 16.6. The number of nitrogens with zero attached hydrogens (tertiary/aromatic N) is 3. The summed E-state index contributed by atoms with van der Waals surface area (Å²) < 4.78 is 11.0. The van der Waals surface area contributed by atoms with Crippen molar-refractivity contribution >= 4 is 11.8 Å². The van der Waals surface area contributed by atoms with Gasteiger partial charge in [0.25, 0.3) is 5.69 Å². The van der Waals surface area contributed by atoms with Gasteiger partial charge < -0.3 is 9.47 Å². The summed E-state index contributed by atoms with van der Waals surface area (Å²) in [4.78, 5) is 10.4. The lowest BCUT2D eigenvalue weighted by molar-refractivity contribution is -0.385. The van der Waals surface area contributed by atoms with Crippen LogP contribution in [0.15, 0.2) is 42.0 Å². The minimum Gasteiger partial charge on any atom is -0.496 e. The van der Waals surface area contributed by atoms with E-state index in [4.69, 9.17) is 20.0 Å². The molecule has 26 heavy (non-hydrogen) atoms. The summed E-state index contributed by atoms with van der Waals surface area (Å²) in [6.45, 7) is 1.80. The number of hydrogen-bond acceptors (Lipinski definition) is 6. The van der Waals surface area contributed by atoms with Crippen LogP contribution in [0.5, 0.6) is 11.5 Å². The number of nitro benzene ring substituents is 1. The van der Waals surface area contributed by atoms with Crippen LogP contribution in [-0.4, -0.2) is 12.0 Å². The molecule has 7 heteroatoms. The molecular weight excluding hydrogens is 334 g/mol. The monoisotopic (exact) mass is 349 g/mol. The smallest absolute Gasteiger partial charge is 0.272 e. The number of benzene rings is 2. The van der Waals surface area contributed by atoms with Crippen molar-refractivity contribution in [1.29, 1.82) is 10.5 Å². The van der Waals surface area contributed by atoms with E-state index in [0.29, 0.717) is 28.2 Å². The van der Waals surface area contributed by atoms with E-state index in [0.717, 1.165) is 0 Å². The summed E-state index contributed by atoms with van der Waals surface area (Å²) >= 11 is 0. The highest BCUT2D eigenvalue weighted by Gasteiger charge is 2.11. The van der Waals surface area contributed by atoms with Crippen molar-refractivity contribution in [2.24, 2.45) is 0 Å². The molecule has 0 fully saturated rings. The van der Waals surface area contributed by atoms with Crippen LogP contribution in [0.2, 0.25) is 0 Å².